The quantitative estimate of drug-likeness (QED) is 0.649. The summed E-state index contributed by atoms with van der Waals surface area (Å²) in [4.78, 5) is 23.0. The smallest absolute Gasteiger partial charge is 0.475 e. The summed E-state index contributed by atoms with van der Waals surface area (Å²) in [5.74, 6) is -2.76. The molecule has 1 saturated heterocycles. The van der Waals surface area contributed by atoms with Crippen LogP contribution in [-0.2, 0) is 16.1 Å². The summed E-state index contributed by atoms with van der Waals surface area (Å²) in [5.41, 5.74) is 2.32. The van der Waals surface area contributed by atoms with E-state index >= 15 is 0 Å². The van der Waals surface area contributed by atoms with Gasteiger partial charge in [0.15, 0.2) is 0 Å². The van der Waals surface area contributed by atoms with Gasteiger partial charge in [-0.25, -0.2) is 9.59 Å². The van der Waals surface area contributed by atoms with Crippen LogP contribution in [0, 0.1) is 0 Å². The molecule has 0 spiro atoms. The first-order valence-corrected chi connectivity index (χ1v) is 9.95. The Balaban J connectivity index is 0.000000423. The van der Waals surface area contributed by atoms with Gasteiger partial charge in [0.2, 0.25) is 0 Å². The number of halogens is 3. The van der Waals surface area contributed by atoms with Crippen LogP contribution < -0.4 is 5.32 Å². The van der Waals surface area contributed by atoms with Crippen LogP contribution >= 0.6 is 0 Å². The fourth-order valence-corrected chi connectivity index (χ4v) is 3.22. The van der Waals surface area contributed by atoms with E-state index in [9.17, 15) is 18.0 Å². The SMILES string of the molecule is CC(C)NC(=O)OCC1CCCCN1Cc1ccc2cn[nH]c2c1.O=C(O)C(F)(F)F. The molecule has 1 aliphatic heterocycles. The van der Waals surface area contributed by atoms with Gasteiger partial charge in [-0.3, -0.25) is 10.00 Å². The lowest BCUT2D eigenvalue weighted by Gasteiger charge is -2.35. The number of carbonyl (C=O) groups is 2. The normalized spacial score (nSPS) is 17.2. The molecular formula is C20H27F3N4O4. The van der Waals surface area contributed by atoms with Crippen molar-refractivity contribution in [1.82, 2.24) is 20.4 Å². The number of amides is 1. The van der Waals surface area contributed by atoms with E-state index in [0.29, 0.717) is 6.61 Å². The van der Waals surface area contributed by atoms with Gasteiger partial charge in [0, 0.05) is 24.0 Å². The average molecular weight is 444 g/mol. The lowest BCUT2D eigenvalue weighted by molar-refractivity contribution is -0.192. The minimum Gasteiger partial charge on any atom is -0.475 e. The Kier molecular flexibility index (Phi) is 8.66. The number of benzene rings is 1. The maximum absolute atomic E-state index is 11.7. The number of nitrogens with zero attached hydrogens (tertiary/aromatic N) is 2. The number of piperidine rings is 1. The van der Waals surface area contributed by atoms with E-state index in [0.717, 1.165) is 30.4 Å². The number of likely N-dealkylation sites (tertiary alicyclic amines) is 1. The van der Waals surface area contributed by atoms with Crippen molar-refractivity contribution >= 4 is 23.0 Å². The minimum atomic E-state index is -5.08. The minimum absolute atomic E-state index is 0.0982. The van der Waals surface area contributed by atoms with Gasteiger partial charge in [0.25, 0.3) is 0 Å². The molecule has 0 bridgehead atoms. The second-order valence-electron chi connectivity index (χ2n) is 7.61. The fourth-order valence-electron chi connectivity index (χ4n) is 3.22. The van der Waals surface area contributed by atoms with Crippen molar-refractivity contribution in [3.63, 3.8) is 0 Å². The number of ether oxygens (including phenoxy) is 1. The molecule has 1 atom stereocenters. The van der Waals surface area contributed by atoms with Crippen LogP contribution in [0.25, 0.3) is 10.9 Å². The molecule has 1 amide bonds. The molecule has 2 heterocycles. The first kappa shape index (κ1) is 24.4. The van der Waals surface area contributed by atoms with Gasteiger partial charge in [0.1, 0.15) is 6.61 Å². The number of fused-ring (bicyclic) bond motifs is 1. The van der Waals surface area contributed by atoms with E-state index in [1.165, 1.54) is 18.4 Å². The number of nitrogens with one attached hydrogen (secondary N) is 2. The molecule has 3 N–H and O–H groups in total. The number of carboxylic acid groups (broad SMARTS) is 1. The van der Waals surface area contributed by atoms with Crippen LogP contribution in [0.2, 0.25) is 0 Å². The highest BCUT2D eigenvalue weighted by atomic mass is 19.4. The molecule has 1 aromatic carbocycles. The summed E-state index contributed by atoms with van der Waals surface area (Å²) in [5, 5.41) is 18.1. The Hall–Kier alpha value is -2.82. The fraction of sp³-hybridized carbons (Fsp3) is 0.550. The first-order valence-electron chi connectivity index (χ1n) is 9.95. The van der Waals surface area contributed by atoms with Gasteiger partial charge in [-0.2, -0.15) is 18.3 Å². The maximum Gasteiger partial charge on any atom is 0.490 e. The van der Waals surface area contributed by atoms with Gasteiger partial charge in [-0.1, -0.05) is 18.6 Å². The standard InChI is InChI=1S/C18H26N4O2.C2HF3O2/c1-13(2)20-18(23)24-12-16-5-3-4-8-22(16)11-14-6-7-15-10-19-21-17(15)9-14;3-2(4,5)1(6)7/h6-7,9-10,13,16H,3-5,8,11-12H2,1-2H3,(H,19,21)(H,20,23);(H,6,7). The maximum atomic E-state index is 11.7. The van der Waals surface area contributed by atoms with Crippen molar-refractivity contribution in [2.75, 3.05) is 13.2 Å². The number of aliphatic carboxylic acids is 1. The number of aromatic nitrogens is 2. The van der Waals surface area contributed by atoms with Crippen LogP contribution in [0.4, 0.5) is 18.0 Å². The zero-order valence-corrected chi connectivity index (χ0v) is 17.4. The van der Waals surface area contributed by atoms with E-state index in [1.54, 1.807) is 0 Å². The summed E-state index contributed by atoms with van der Waals surface area (Å²) < 4.78 is 37.1. The molecule has 0 saturated carbocycles. The number of hydrogen-bond donors (Lipinski definition) is 3. The number of carboxylic acids is 1. The number of carbonyl (C=O) groups excluding carboxylic acids is 1. The lowest BCUT2D eigenvalue weighted by Crippen LogP contribution is -2.43. The van der Waals surface area contributed by atoms with Crippen LogP contribution in [0.1, 0.15) is 38.7 Å². The highest BCUT2D eigenvalue weighted by Gasteiger charge is 2.38. The van der Waals surface area contributed by atoms with E-state index in [1.807, 2.05) is 20.0 Å². The Labute approximate surface area is 177 Å². The third-order valence-corrected chi connectivity index (χ3v) is 4.70. The number of H-pyrrole nitrogens is 1. The zero-order chi connectivity index (χ0) is 23.0. The van der Waals surface area contributed by atoms with Crippen molar-refractivity contribution < 1.29 is 32.6 Å². The number of alkyl halides is 3. The van der Waals surface area contributed by atoms with E-state index in [-0.39, 0.29) is 18.2 Å². The Morgan fingerprint density at radius 2 is 2.06 bits per heavy atom. The molecule has 0 radical (unpaired) electrons. The number of alkyl carbamates (subject to hydrolysis) is 1. The van der Waals surface area contributed by atoms with Gasteiger partial charge < -0.3 is 15.2 Å². The van der Waals surface area contributed by atoms with Crippen LogP contribution in [0.5, 0.6) is 0 Å². The van der Waals surface area contributed by atoms with E-state index in [2.05, 4.69) is 38.6 Å². The topological polar surface area (TPSA) is 108 Å². The molecule has 8 nitrogen and oxygen atoms in total. The Morgan fingerprint density at radius 1 is 1.35 bits per heavy atom. The number of rotatable bonds is 5. The molecule has 0 aliphatic carbocycles. The average Bonchev–Trinajstić information content (AvgIpc) is 3.14. The van der Waals surface area contributed by atoms with Crippen LogP contribution in [-0.4, -0.2) is 63.7 Å². The third kappa shape index (κ3) is 8.08. The van der Waals surface area contributed by atoms with Gasteiger partial charge in [-0.15, -0.1) is 0 Å². The van der Waals surface area contributed by atoms with Crippen LogP contribution in [0.3, 0.4) is 0 Å². The lowest BCUT2D eigenvalue weighted by atomic mass is 10.0. The predicted octanol–water partition coefficient (Wildman–Crippen LogP) is 3.69. The van der Waals surface area contributed by atoms with Crippen molar-refractivity contribution in [2.45, 2.75) is 57.9 Å². The summed E-state index contributed by atoms with van der Waals surface area (Å²) >= 11 is 0. The van der Waals surface area contributed by atoms with Crippen molar-refractivity contribution in [1.29, 1.82) is 0 Å². The van der Waals surface area contributed by atoms with Crippen molar-refractivity contribution in [3.05, 3.63) is 30.0 Å². The summed E-state index contributed by atoms with van der Waals surface area (Å²) in [7, 11) is 0. The summed E-state index contributed by atoms with van der Waals surface area (Å²) in [6.45, 7) is 6.22. The second kappa shape index (κ2) is 11.0. The molecule has 11 heteroatoms. The summed E-state index contributed by atoms with van der Waals surface area (Å²) in [6.07, 6.45) is -0.114. The largest absolute Gasteiger partial charge is 0.490 e. The first-order chi connectivity index (χ1) is 14.6. The summed E-state index contributed by atoms with van der Waals surface area (Å²) in [6, 6.07) is 6.78. The van der Waals surface area contributed by atoms with E-state index < -0.39 is 12.1 Å². The molecular weight excluding hydrogens is 417 g/mol. The highest BCUT2D eigenvalue weighted by Crippen LogP contribution is 2.21. The molecule has 1 unspecified atom stereocenters. The molecule has 1 aliphatic rings. The van der Waals surface area contributed by atoms with Crippen molar-refractivity contribution in [2.24, 2.45) is 0 Å². The molecule has 3 rings (SSSR count). The molecule has 172 valence electrons. The second-order valence-corrected chi connectivity index (χ2v) is 7.61. The van der Waals surface area contributed by atoms with E-state index in [4.69, 9.17) is 14.6 Å². The Morgan fingerprint density at radius 3 is 2.71 bits per heavy atom. The van der Waals surface area contributed by atoms with Gasteiger partial charge in [0.05, 0.1) is 11.7 Å². The monoisotopic (exact) mass is 444 g/mol. The number of aromatic amines is 1. The predicted molar refractivity (Wildman–Crippen MR) is 107 cm³/mol. The molecule has 31 heavy (non-hydrogen) atoms. The highest BCUT2D eigenvalue weighted by molar-refractivity contribution is 5.78. The van der Waals surface area contributed by atoms with Gasteiger partial charge in [-0.05, 0) is 44.9 Å². The third-order valence-electron chi connectivity index (χ3n) is 4.70. The number of hydrogen-bond acceptors (Lipinski definition) is 5. The zero-order valence-electron chi connectivity index (χ0n) is 17.4. The molecule has 1 fully saturated rings. The van der Waals surface area contributed by atoms with Crippen LogP contribution in [0.15, 0.2) is 24.4 Å². The van der Waals surface area contributed by atoms with Gasteiger partial charge >= 0.3 is 18.2 Å². The van der Waals surface area contributed by atoms with Crippen molar-refractivity contribution in [3.8, 4) is 0 Å². The molecule has 2 aromatic rings. The molecule has 1 aromatic heterocycles. The Bertz CT molecular complexity index is 869.